The second kappa shape index (κ2) is 6.56. The number of hydrazine groups is 1. The summed E-state index contributed by atoms with van der Waals surface area (Å²) in [5.74, 6) is 5.94. The van der Waals surface area contributed by atoms with Crippen LogP contribution >= 0.6 is 0 Å². The Morgan fingerprint density at radius 2 is 2.00 bits per heavy atom. The van der Waals surface area contributed by atoms with Gasteiger partial charge in [-0.3, -0.25) is 11.3 Å². The van der Waals surface area contributed by atoms with Crippen molar-refractivity contribution in [2.24, 2.45) is 5.84 Å². The van der Waals surface area contributed by atoms with Crippen LogP contribution < -0.4 is 11.3 Å². The highest BCUT2D eigenvalue weighted by Gasteiger charge is 2.19. The number of methoxy groups -OCH3 is 1. The summed E-state index contributed by atoms with van der Waals surface area (Å²) in [7, 11) is 1.70. The van der Waals surface area contributed by atoms with Crippen LogP contribution in [0.1, 0.15) is 24.8 Å². The van der Waals surface area contributed by atoms with E-state index in [4.69, 9.17) is 10.6 Å². The minimum absolute atomic E-state index is 0.169. The minimum Gasteiger partial charge on any atom is -0.383 e. The summed E-state index contributed by atoms with van der Waals surface area (Å²) in [5, 5.41) is 0. The maximum Gasteiger partial charge on any atom is 0.0635 e. The Balaban J connectivity index is 2.77. The predicted octanol–water partition coefficient (Wildman–Crippen LogP) is 1.66. The molecule has 0 aliphatic carbocycles. The summed E-state index contributed by atoms with van der Waals surface area (Å²) in [6.07, 6.45) is 1.04. The summed E-state index contributed by atoms with van der Waals surface area (Å²) >= 11 is 0. The third-order valence-electron chi connectivity index (χ3n) is 2.71. The fourth-order valence-corrected chi connectivity index (χ4v) is 1.91. The highest BCUT2D eigenvalue weighted by Crippen LogP contribution is 2.22. The third kappa shape index (κ3) is 3.30. The van der Waals surface area contributed by atoms with E-state index in [0.717, 1.165) is 6.42 Å². The monoisotopic (exact) mass is 208 g/mol. The van der Waals surface area contributed by atoms with Gasteiger partial charge in [-0.2, -0.15) is 0 Å². The average Bonchev–Trinajstić information content (AvgIpc) is 2.30. The zero-order valence-electron chi connectivity index (χ0n) is 9.44. The van der Waals surface area contributed by atoms with Gasteiger partial charge in [0.1, 0.15) is 0 Å². The lowest BCUT2D eigenvalue weighted by molar-refractivity contribution is 0.154. The van der Waals surface area contributed by atoms with Gasteiger partial charge in [-0.05, 0) is 12.0 Å². The van der Waals surface area contributed by atoms with Crippen LogP contribution in [0.15, 0.2) is 30.3 Å². The maximum absolute atomic E-state index is 5.54. The van der Waals surface area contributed by atoms with Crippen LogP contribution in [0.25, 0.3) is 0 Å². The molecule has 0 saturated heterocycles. The molecule has 1 aromatic carbocycles. The second-order valence-corrected chi connectivity index (χ2v) is 3.65. The zero-order chi connectivity index (χ0) is 11.1. The third-order valence-corrected chi connectivity index (χ3v) is 2.71. The van der Waals surface area contributed by atoms with Crippen LogP contribution in [-0.4, -0.2) is 19.8 Å². The first-order valence-electron chi connectivity index (χ1n) is 5.33. The molecule has 0 heterocycles. The van der Waals surface area contributed by atoms with Crippen molar-refractivity contribution in [3.63, 3.8) is 0 Å². The fraction of sp³-hybridized carbons (Fsp3) is 0.500. The molecule has 0 aromatic heterocycles. The Hall–Kier alpha value is -0.900. The van der Waals surface area contributed by atoms with E-state index in [-0.39, 0.29) is 6.04 Å². The van der Waals surface area contributed by atoms with E-state index in [9.17, 15) is 0 Å². The predicted molar refractivity (Wildman–Crippen MR) is 62.5 cm³/mol. The first kappa shape index (κ1) is 12.2. The van der Waals surface area contributed by atoms with Crippen LogP contribution in [0.4, 0.5) is 0 Å². The van der Waals surface area contributed by atoms with E-state index in [2.05, 4.69) is 36.6 Å². The van der Waals surface area contributed by atoms with Crippen molar-refractivity contribution in [1.29, 1.82) is 0 Å². The molecule has 15 heavy (non-hydrogen) atoms. The Kier molecular flexibility index (Phi) is 5.32. The van der Waals surface area contributed by atoms with E-state index < -0.39 is 0 Å². The van der Waals surface area contributed by atoms with Crippen molar-refractivity contribution in [1.82, 2.24) is 5.43 Å². The van der Waals surface area contributed by atoms with Crippen LogP contribution in [-0.2, 0) is 4.74 Å². The standard InChI is InChI=1S/C12H20N2O/c1-3-11(12(14-13)9-15-2)10-7-5-4-6-8-10/h4-8,11-12,14H,3,9,13H2,1-2H3. The van der Waals surface area contributed by atoms with Crippen LogP contribution in [0, 0.1) is 0 Å². The van der Waals surface area contributed by atoms with Gasteiger partial charge in [0, 0.05) is 13.0 Å². The SMILES string of the molecule is CCC(c1ccccc1)C(COC)NN. The van der Waals surface area contributed by atoms with Crippen LogP contribution in [0.3, 0.4) is 0 Å². The molecule has 0 amide bonds. The van der Waals surface area contributed by atoms with Crippen molar-refractivity contribution in [2.45, 2.75) is 25.3 Å². The van der Waals surface area contributed by atoms with E-state index in [0.29, 0.717) is 12.5 Å². The molecule has 0 spiro atoms. The van der Waals surface area contributed by atoms with E-state index >= 15 is 0 Å². The van der Waals surface area contributed by atoms with Gasteiger partial charge in [0.25, 0.3) is 0 Å². The number of ether oxygens (including phenoxy) is 1. The zero-order valence-corrected chi connectivity index (χ0v) is 9.44. The molecule has 0 aliphatic rings. The Morgan fingerprint density at radius 1 is 1.33 bits per heavy atom. The molecule has 0 fully saturated rings. The number of hydrogen-bond acceptors (Lipinski definition) is 3. The molecular weight excluding hydrogens is 188 g/mol. The highest BCUT2D eigenvalue weighted by atomic mass is 16.5. The van der Waals surface area contributed by atoms with Crippen molar-refractivity contribution >= 4 is 0 Å². The normalized spacial score (nSPS) is 14.9. The smallest absolute Gasteiger partial charge is 0.0635 e. The lowest BCUT2D eigenvalue weighted by Gasteiger charge is -2.25. The second-order valence-electron chi connectivity index (χ2n) is 3.65. The Bertz CT molecular complexity index is 264. The van der Waals surface area contributed by atoms with E-state index in [1.807, 2.05) is 6.07 Å². The summed E-state index contributed by atoms with van der Waals surface area (Å²) in [6, 6.07) is 10.6. The number of hydrogen-bond donors (Lipinski definition) is 2. The summed E-state index contributed by atoms with van der Waals surface area (Å²) in [6.45, 7) is 2.79. The van der Waals surface area contributed by atoms with Gasteiger partial charge in [0.2, 0.25) is 0 Å². The van der Waals surface area contributed by atoms with Gasteiger partial charge >= 0.3 is 0 Å². The quantitative estimate of drug-likeness (QED) is 0.552. The van der Waals surface area contributed by atoms with Gasteiger partial charge in [-0.25, -0.2) is 0 Å². The molecule has 3 heteroatoms. The molecule has 1 aromatic rings. The molecule has 0 aliphatic heterocycles. The number of rotatable bonds is 6. The van der Waals surface area contributed by atoms with Gasteiger partial charge in [-0.15, -0.1) is 0 Å². The fourth-order valence-electron chi connectivity index (χ4n) is 1.91. The van der Waals surface area contributed by atoms with Crippen molar-refractivity contribution in [3.05, 3.63) is 35.9 Å². The first-order valence-corrected chi connectivity index (χ1v) is 5.33. The number of nitrogens with two attached hydrogens (primary N) is 1. The molecule has 0 radical (unpaired) electrons. The minimum atomic E-state index is 0.169. The van der Waals surface area contributed by atoms with Crippen molar-refractivity contribution in [2.75, 3.05) is 13.7 Å². The maximum atomic E-state index is 5.54. The molecule has 84 valence electrons. The van der Waals surface area contributed by atoms with Gasteiger partial charge in [0.05, 0.1) is 12.6 Å². The Morgan fingerprint density at radius 3 is 2.47 bits per heavy atom. The van der Waals surface area contributed by atoms with Crippen molar-refractivity contribution < 1.29 is 4.74 Å². The largest absolute Gasteiger partial charge is 0.383 e. The molecule has 0 saturated carbocycles. The van der Waals surface area contributed by atoms with Crippen LogP contribution in [0.2, 0.25) is 0 Å². The first-order chi connectivity index (χ1) is 7.33. The lowest BCUT2D eigenvalue weighted by atomic mass is 9.90. The number of nitrogens with one attached hydrogen (secondary N) is 1. The molecule has 2 atom stereocenters. The Labute approximate surface area is 91.6 Å². The molecule has 3 N–H and O–H groups in total. The molecule has 3 nitrogen and oxygen atoms in total. The molecular formula is C12H20N2O. The summed E-state index contributed by atoms with van der Waals surface area (Å²) in [4.78, 5) is 0. The molecule has 1 rings (SSSR count). The highest BCUT2D eigenvalue weighted by molar-refractivity contribution is 5.21. The number of benzene rings is 1. The van der Waals surface area contributed by atoms with E-state index in [1.54, 1.807) is 7.11 Å². The van der Waals surface area contributed by atoms with Gasteiger partial charge in [-0.1, -0.05) is 37.3 Å². The summed E-state index contributed by atoms with van der Waals surface area (Å²) < 4.78 is 5.16. The average molecular weight is 208 g/mol. The van der Waals surface area contributed by atoms with E-state index in [1.165, 1.54) is 5.56 Å². The van der Waals surface area contributed by atoms with Crippen molar-refractivity contribution in [3.8, 4) is 0 Å². The molecule has 2 unspecified atom stereocenters. The summed E-state index contributed by atoms with van der Waals surface area (Å²) in [5.41, 5.74) is 4.13. The topological polar surface area (TPSA) is 47.3 Å². The lowest BCUT2D eigenvalue weighted by Crippen LogP contribution is -2.42. The van der Waals surface area contributed by atoms with Gasteiger partial charge < -0.3 is 4.74 Å². The van der Waals surface area contributed by atoms with Crippen LogP contribution in [0.5, 0.6) is 0 Å². The van der Waals surface area contributed by atoms with Gasteiger partial charge in [0.15, 0.2) is 0 Å². The molecule has 0 bridgehead atoms.